The van der Waals surface area contributed by atoms with Crippen molar-refractivity contribution in [1.29, 1.82) is 0 Å². The maximum atomic E-state index is 12.1. The van der Waals surface area contributed by atoms with Crippen molar-refractivity contribution in [2.45, 2.75) is 64.9 Å². The lowest BCUT2D eigenvalue weighted by Gasteiger charge is -2.26. The zero-order valence-corrected chi connectivity index (χ0v) is 14.0. The van der Waals surface area contributed by atoms with Gasteiger partial charge in [-0.2, -0.15) is 5.10 Å². The van der Waals surface area contributed by atoms with Gasteiger partial charge in [0.05, 0.1) is 22.2 Å². The third-order valence-corrected chi connectivity index (χ3v) is 4.16. The minimum atomic E-state index is -0.913. The van der Waals surface area contributed by atoms with Crippen LogP contribution >= 0.6 is 15.9 Å². The standard InChI is InChI=1S/C14H24BrN3O2/c1-4-7-14(20,8-5-2)9-11(19)16-13-12(15)10(6-3)17-18-13/h20H,4-9H2,1-3H3,(H2,16,17,18,19). The first-order chi connectivity index (χ1) is 9.45. The number of anilines is 1. The van der Waals surface area contributed by atoms with Crippen molar-refractivity contribution in [3.63, 3.8) is 0 Å². The Balaban J connectivity index is 2.68. The summed E-state index contributed by atoms with van der Waals surface area (Å²) < 4.78 is 0.780. The number of aliphatic hydroxyl groups is 1. The number of nitrogens with zero attached hydrogens (tertiary/aromatic N) is 1. The number of carbonyl (C=O) groups excluding carboxylic acids is 1. The van der Waals surface area contributed by atoms with Crippen LogP contribution in [0.15, 0.2) is 4.47 Å². The number of halogens is 1. The van der Waals surface area contributed by atoms with Crippen molar-refractivity contribution in [1.82, 2.24) is 10.2 Å². The molecule has 0 saturated carbocycles. The molecular formula is C14H24BrN3O2. The molecule has 1 aromatic heterocycles. The Morgan fingerprint density at radius 2 is 1.95 bits per heavy atom. The first kappa shape index (κ1) is 17.2. The molecule has 0 unspecified atom stereocenters. The van der Waals surface area contributed by atoms with E-state index in [0.29, 0.717) is 18.7 Å². The molecule has 0 atom stereocenters. The first-order valence-electron chi connectivity index (χ1n) is 7.20. The zero-order chi connectivity index (χ0) is 15.2. The van der Waals surface area contributed by atoms with Crippen LogP contribution in [-0.2, 0) is 11.2 Å². The Morgan fingerprint density at radius 1 is 1.35 bits per heavy atom. The van der Waals surface area contributed by atoms with Crippen molar-refractivity contribution in [3.8, 4) is 0 Å². The van der Waals surface area contributed by atoms with Gasteiger partial charge in [0.15, 0.2) is 5.82 Å². The summed E-state index contributed by atoms with van der Waals surface area (Å²) in [6.07, 6.45) is 3.90. The lowest BCUT2D eigenvalue weighted by atomic mass is 9.89. The quantitative estimate of drug-likeness (QED) is 0.675. The number of nitrogens with one attached hydrogen (secondary N) is 2. The lowest BCUT2D eigenvalue weighted by Crippen LogP contribution is -2.34. The number of aromatic nitrogens is 2. The molecule has 20 heavy (non-hydrogen) atoms. The van der Waals surface area contributed by atoms with Gasteiger partial charge in [0.25, 0.3) is 0 Å². The molecule has 0 aliphatic rings. The summed E-state index contributed by atoms with van der Waals surface area (Å²) in [5, 5.41) is 20.2. The molecule has 0 aliphatic heterocycles. The SMILES string of the molecule is CCCC(O)(CCC)CC(=O)Nc1n[nH]c(CC)c1Br. The van der Waals surface area contributed by atoms with Crippen LogP contribution < -0.4 is 5.32 Å². The van der Waals surface area contributed by atoms with E-state index in [-0.39, 0.29) is 12.3 Å². The van der Waals surface area contributed by atoms with Crippen LogP contribution in [0.25, 0.3) is 0 Å². The number of carbonyl (C=O) groups is 1. The summed E-state index contributed by atoms with van der Waals surface area (Å²) >= 11 is 3.41. The molecular weight excluding hydrogens is 322 g/mol. The van der Waals surface area contributed by atoms with E-state index in [0.717, 1.165) is 29.4 Å². The molecule has 3 N–H and O–H groups in total. The van der Waals surface area contributed by atoms with Crippen LogP contribution in [0.5, 0.6) is 0 Å². The van der Waals surface area contributed by atoms with Crippen LogP contribution in [-0.4, -0.2) is 26.8 Å². The van der Waals surface area contributed by atoms with Crippen LogP contribution in [0.2, 0.25) is 0 Å². The van der Waals surface area contributed by atoms with Gasteiger partial charge < -0.3 is 10.4 Å². The average Bonchev–Trinajstić information content (AvgIpc) is 2.70. The number of hydrogen-bond donors (Lipinski definition) is 3. The average molecular weight is 346 g/mol. The monoisotopic (exact) mass is 345 g/mol. The van der Waals surface area contributed by atoms with Crippen LogP contribution in [0.4, 0.5) is 5.82 Å². The lowest BCUT2D eigenvalue weighted by molar-refractivity contribution is -0.121. The van der Waals surface area contributed by atoms with E-state index in [1.54, 1.807) is 0 Å². The van der Waals surface area contributed by atoms with Gasteiger partial charge in [-0.25, -0.2) is 0 Å². The van der Waals surface area contributed by atoms with Gasteiger partial charge in [-0.3, -0.25) is 9.89 Å². The summed E-state index contributed by atoms with van der Waals surface area (Å²) in [4.78, 5) is 12.1. The molecule has 1 amide bonds. The molecule has 6 heteroatoms. The predicted molar refractivity (Wildman–Crippen MR) is 83.7 cm³/mol. The normalized spacial score (nSPS) is 11.7. The molecule has 0 aromatic carbocycles. The van der Waals surface area contributed by atoms with Gasteiger partial charge in [-0.05, 0) is 35.2 Å². The predicted octanol–water partition coefficient (Wildman–Crippen LogP) is 3.39. The highest BCUT2D eigenvalue weighted by molar-refractivity contribution is 9.10. The van der Waals surface area contributed by atoms with Gasteiger partial charge >= 0.3 is 0 Å². The fourth-order valence-electron chi connectivity index (χ4n) is 2.39. The molecule has 1 rings (SSSR count). The smallest absolute Gasteiger partial charge is 0.228 e. The van der Waals surface area contributed by atoms with E-state index in [9.17, 15) is 9.90 Å². The Morgan fingerprint density at radius 3 is 2.40 bits per heavy atom. The fraction of sp³-hybridized carbons (Fsp3) is 0.714. The summed E-state index contributed by atoms with van der Waals surface area (Å²) in [6, 6.07) is 0. The van der Waals surface area contributed by atoms with E-state index in [1.807, 2.05) is 20.8 Å². The second-order valence-electron chi connectivity index (χ2n) is 5.17. The molecule has 0 fully saturated rings. The number of H-pyrrole nitrogens is 1. The summed E-state index contributed by atoms with van der Waals surface area (Å²) in [7, 11) is 0. The van der Waals surface area contributed by atoms with E-state index >= 15 is 0 Å². The van der Waals surface area contributed by atoms with Crippen LogP contribution in [0, 0.1) is 0 Å². The van der Waals surface area contributed by atoms with Gasteiger partial charge in [-0.1, -0.05) is 33.6 Å². The molecule has 0 aliphatic carbocycles. The Labute approximate surface area is 128 Å². The van der Waals surface area contributed by atoms with Gasteiger partial charge in [0.2, 0.25) is 5.91 Å². The number of amides is 1. The highest BCUT2D eigenvalue weighted by Gasteiger charge is 2.28. The number of rotatable bonds is 8. The summed E-state index contributed by atoms with van der Waals surface area (Å²) in [6.45, 7) is 6.03. The molecule has 114 valence electrons. The minimum Gasteiger partial charge on any atom is -0.389 e. The van der Waals surface area contributed by atoms with Crippen molar-refractivity contribution < 1.29 is 9.90 Å². The van der Waals surface area contributed by atoms with Gasteiger partial charge in [-0.15, -0.1) is 0 Å². The highest BCUT2D eigenvalue weighted by atomic mass is 79.9. The van der Waals surface area contributed by atoms with Crippen molar-refractivity contribution in [3.05, 3.63) is 10.2 Å². The van der Waals surface area contributed by atoms with E-state index in [2.05, 4.69) is 31.4 Å². The topological polar surface area (TPSA) is 78.0 Å². The second kappa shape index (κ2) is 7.78. The summed E-state index contributed by atoms with van der Waals surface area (Å²) in [5.74, 6) is 0.284. The molecule has 0 saturated heterocycles. The molecule has 1 aromatic rings. The molecule has 0 spiro atoms. The number of aryl methyl sites for hydroxylation is 1. The largest absolute Gasteiger partial charge is 0.389 e. The van der Waals surface area contributed by atoms with Crippen molar-refractivity contribution >= 4 is 27.7 Å². The molecule has 1 heterocycles. The second-order valence-corrected chi connectivity index (χ2v) is 5.96. The highest BCUT2D eigenvalue weighted by Crippen LogP contribution is 2.27. The Hall–Kier alpha value is -0.880. The van der Waals surface area contributed by atoms with E-state index in [1.165, 1.54) is 0 Å². The third kappa shape index (κ3) is 4.59. The van der Waals surface area contributed by atoms with Crippen LogP contribution in [0.3, 0.4) is 0 Å². The van der Waals surface area contributed by atoms with Crippen molar-refractivity contribution in [2.24, 2.45) is 0 Å². The summed E-state index contributed by atoms with van der Waals surface area (Å²) in [5.41, 5.74) is 0.0295. The zero-order valence-electron chi connectivity index (χ0n) is 12.4. The van der Waals surface area contributed by atoms with Crippen molar-refractivity contribution in [2.75, 3.05) is 5.32 Å². The Bertz CT molecular complexity index is 440. The Kier molecular flexibility index (Phi) is 6.68. The maximum Gasteiger partial charge on any atom is 0.228 e. The third-order valence-electron chi connectivity index (χ3n) is 3.31. The first-order valence-corrected chi connectivity index (χ1v) is 8.00. The van der Waals surface area contributed by atoms with Gasteiger partial charge in [0.1, 0.15) is 0 Å². The van der Waals surface area contributed by atoms with E-state index in [4.69, 9.17) is 0 Å². The van der Waals surface area contributed by atoms with Crippen LogP contribution in [0.1, 0.15) is 58.6 Å². The fourth-order valence-corrected chi connectivity index (χ4v) is 2.95. The minimum absolute atomic E-state index is 0.107. The molecule has 0 radical (unpaired) electrons. The van der Waals surface area contributed by atoms with Gasteiger partial charge in [0, 0.05) is 0 Å². The molecule has 5 nitrogen and oxygen atoms in total. The number of aromatic amines is 1. The number of hydrogen-bond acceptors (Lipinski definition) is 3. The van der Waals surface area contributed by atoms with E-state index < -0.39 is 5.60 Å². The molecule has 0 bridgehead atoms. The maximum absolute atomic E-state index is 12.1.